The summed E-state index contributed by atoms with van der Waals surface area (Å²) in [6, 6.07) is 17.5. The van der Waals surface area contributed by atoms with Crippen molar-refractivity contribution < 1.29 is 9.53 Å². The van der Waals surface area contributed by atoms with E-state index in [1.165, 1.54) is 0 Å². The highest BCUT2D eigenvalue weighted by Crippen LogP contribution is 2.28. The first kappa shape index (κ1) is 17.0. The van der Waals surface area contributed by atoms with Gasteiger partial charge in [0.2, 0.25) is 5.91 Å². The summed E-state index contributed by atoms with van der Waals surface area (Å²) < 4.78 is 5.78. The van der Waals surface area contributed by atoms with Crippen LogP contribution in [0.1, 0.15) is 30.0 Å². The molecule has 2 aromatic carbocycles. The number of nitrogens with zero attached hydrogens (tertiary/aromatic N) is 2. The number of nitriles is 1. The molecule has 2 aromatic rings. The number of hydrogen-bond donors (Lipinski definition) is 0. The minimum Gasteiger partial charge on any atom is -0.492 e. The Morgan fingerprint density at radius 1 is 1.24 bits per heavy atom. The van der Waals surface area contributed by atoms with Gasteiger partial charge in [0.1, 0.15) is 12.4 Å². The van der Waals surface area contributed by atoms with Crippen molar-refractivity contribution in [2.45, 2.75) is 26.3 Å². The lowest BCUT2D eigenvalue weighted by Gasteiger charge is -2.30. The number of rotatable bonds is 5. The Balaban J connectivity index is 1.71. The van der Waals surface area contributed by atoms with Gasteiger partial charge in [-0.05, 0) is 42.2 Å². The van der Waals surface area contributed by atoms with Crippen molar-refractivity contribution >= 4 is 5.91 Å². The van der Waals surface area contributed by atoms with Crippen LogP contribution < -0.4 is 4.74 Å². The molecule has 0 aliphatic carbocycles. The number of fused-ring (bicyclic) bond motifs is 1. The fourth-order valence-electron chi connectivity index (χ4n) is 3.19. The zero-order valence-electron chi connectivity index (χ0n) is 14.4. The van der Waals surface area contributed by atoms with E-state index in [4.69, 9.17) is 10.00 Å². The van der Waals surface area contributed by atoms with Crippen LogP contribution in [0.2, 0.25) is 0 Å². The van der Waals surface area contributed by atoms with Gasteiger partial charge in [-0.15, -0.1) is 0 Å². The Kier molecular flexibility index (Phi) is 5.35. The van der Waals surface area contributed by atoms with E-state index in [9.17, 15) is 4.79 Å². The van der Waals surface area contributed by atoms with Crippen LogP contribution in [0.3, 0.4) is 0 Å². The van der Waals surface area contributed by atoms with E-state index in [1.54, 1.807) is 12.1 Å². The molecule has 1 atom stereocenters. The van der Waals surface area contributed by atoms with Gasteiger partial charge in [0.05, 0.1) is 17.6 Å². The van der Waals surface area contributed by atoms with Gasteiger partial charge in [-0.1, -0.05) is 37.3 Å². The molecule has 0 bridgehead atoms. The minimum atomic E-state index is -0.139. The summed E-state index contributed by atoms with van der Waals surface area (Å²) in [4.78, 5) is 14.9. The lowest BCUT2D eigenvalue weighted by Crippen LogP contribution is -2.40. The van der Waals surface area contributed by atoms with E-state index in [2.05, 4.69) is 13.0 Å². The van der Waals surface area contributed by atoms with Gasteiger partial charge in [0.15, 0.2) is 0 Å². The van der Waals surface area contributed by atoms with Crippen molar-refractivity contribution in [3.63, 3.8) is 0 Å². The molecule has 1 heterocycles. The van der Waals surface area contributed by atoms with Crippen LogP contribution in [0, 0.1) is 17.2 Å². The standard InChI is InChI=1S/C21H22N2O2/c1-2-11-23(14-17-9-7-16(13-22)8-10-17)21(24)19-12-18-5-3-4-6-20(18)25-15-19/h3-10,19H,2,11-12,14-15H2,1H3. The molecule has 0 N–H and O–H groups in total. The second-order valence-corrected chi connectivity index (χ2v) is 6.39. The molecule has 0 spiro atoms. The predicted molar refractivity (Wildman–Crippen MR) is 96.0 cm³/mol. The zero-order chi connectivity index (χ0) is 17.6. The average molecular weight is 334 g/mol. The van der Waals surface area contributed by atoms with Crippen molar-refractivity contribution in [2.24, 2.45) is 5.92 Å². The van der Waals surface area contributed by atoms with E-state index >= 15 is 0 Å². The highest BCUT2D eigenvalue weighted by atomic mass is 16.5. The average Bonchev–Trinajstić information content (AvgIpc) is 2.67. The number of carbonyl (C=O) groups excluding carboxylic acids is 1. The summed E-state index contributed by atoms with van der Waals surface area (Å²) in [7, 11) is 0. The summed E-state index contributed by atoms with van der Waals surface area (Å²) in [5.74, 6) is 0.890. The molecule has 1 amide bonds. The maximum atomic E-state index is 13.0. The van der Waals surface area contributed by atoms with Crippen molar-refractivity contribution in [1.82, 2.24) is 4.90 Å². The summed E-state index contributed by atoms with van der Waals surface area (Å²) >= 11 is 0. The van der Waals surface area contributed by atoms with E-state index in [0.717, 1.165) is 36.3 Å². The molecule has 1 aliphatic heterocycles. The Morgan fingerprint density at radius 2 is 2.00 bits per heavy atom. The first-order chi connectivity index (χ1) is 12.2. The summed E-state index contributed by atoms with van der Waals surface area (Å²) in [6.45, 7) is 3.79. The van der Waals surface area contributed by atoms with Gasteiger partial charge in [0.25, 0.3) is 0 Å². The molecule has 0 aromatic heterocycles. The van der Waals surface area contributed by atoms with Gasteiger partial charge < -0.3 is 9.64 Å². The molecule has 4 heteroatoms. The normalized spacial score (nSPS) is 15.6. The Hall–Kier alpha value is -2.80. The van der Waals surface area contributed by atoms with Crippen LogP contribution in [0.25, 0.3) is 0 Å². The van der Waals surface area contributed by atoms with Crippen LogP contribution in [-0.2, 0) is 17.8 Å². The lowest BCUT2D eigenvalue weighted by atomic mass is 9.95. The smallest absolute Gasteiger partial charge is 0.229 e. The molecule has 4 nitrogen and oxygen atoms in total. The Bertz CT molecular complexity index is 777. The van der Waals surface area contributed by atoms with Crippen LogP contribution >= 0.6 is 0 Å². The first-order valence-corrected chi connectivity index (χ1v) is 8.69. The quantitative estimate of drug-likeness (QED) is 0.840. The number of hydrogen-bond acceptors (Lipinski definition) is 3. The molecule has 25 heavy (non-hydrogen) atoms. The van der Waals surface area contributed by atoms with E-state index < -0.39 is 0 Å². The van der Waals surface area contributed by atoms with Crippen molar-refractivity contribution in [2.75, 3.05) is 13.2 Å². The number of benzene rings is 2. The molecule has 3 rings (SSSR count). The predicted octanol–water partition coefficient (Wildman–Crippen LogP) is 3.55. The Labute approximate surface area is 148 Å². The highest BCUT2D eigenvalue weighted by molar-refractivity contribution is 5.79. The summed E-state index contributed by atoms with van der Waals surface area (Å²) in [5.41, 5.74) is 2.77. The molecule has 1 unspecified atom stereocenters. The van der Waals surface area contributed by atoms with Crippen molar-refractivity contribution in [1.29, 1.82) is 5.26 Å². The molecule has 0 saturated heterocycles. The fraction of sp³-hybridized carbons (Fsp3) is 0.333. The van der Waals surface area contributed by atoms with E-state index in [1.807, 2.05) is 41.3 Å². The van der Waals surface area contributed by atoms with Gasteiger partial charge >= 0.3 is 0 Å². The second kappa shape index (κ2) is 7.85. The molecule has 0 radical (unpaired) electrons. The van der Waals surface area contributed by atoms with E-state index in [-0.39, 0.29) is 11.8 Å². The van der Waals surface area contributed by atoms with E-state index in [0.29, 0.717) is 18.7 Å². The topological polar surface area (TPSA) is 53.3 Å². The number of carbonyl (C=O) groups is 1. The maximum absolute atomic E-state index is 13.0. The lowest BCUT2D eigenvalue weighted by molar-refractivity contribution is -0.137. The highest BCUT2D eigenvalue weighted by Gasteiger charge is 2.29. The monoisotopic (exact) mass is 334 g/mol. The van der Waals surface area contributed by atoms with Gasteiger partial charge in [-0.3, -0.25) is 4.79 Å². The van der Waals surface area contributed by atoms with Gasteiger partial charge in [-0.25, -0.2) is 0 Å². The largest absolute Gasteiger partial charge is 0.492 e. The molecular formula is C21H22N2O2. The van der Waals surface area contributed by atoms with Gasteiger partial charge in [0, 0.05) is 13.1 Å². The van der Waals surface area contributed by atoms with Crippen molar-refractivity contribution in [3.8, 4) is 11.8 Å². The molecule has 0 fully saturated rings. The summed E-state index contributed by atoms with van der Waals surface area (Å²) in [5, 5.41) is 8.90. The summed E-state index contributed by atoms with van der Waals surface area (Å²) in [6.07, 6.45) is 1.63. The fourth-order valence-corrected chi connectivity index (χ4v) is 3.19. The first-order valence-electron chi connectivity index (χ1n) is 8.69. The van der Waals surface area contributed by atoms with Crippen LogP contribution in [0.4, 0.5) is 0 Å². The zero-order valence-corrected chi connectivity index (χ0v) is 14.4. The maximum Gasteiger partial charge on any atom is 0.229 e. The third-order valence-corrected chi connectivity index (χ3v) is 4.49. The molecule has 128 valence electrons. The Morgan fingerprint density at radius 3 is 2.72 bits per heavy atom. The number of para-hydroxylation sites is 1. The third kappa shape index (κ3) is 4.00. The van der Waals surface area contributed by atoms with Crippen LogP contribution in [-0.4, -0.2) is 24.0 Å². The van der Waals surface area contributed by atoms with Gasteiger partial charge in [-0.2, -0.15) is 5.26 Å². The minimum absolute atomic E-state index is 0.139. The van der Waals surface area contributed by atoms with Crippen LogP contribution in [0.5, 0.6) is 5.75 Å². The third-order valence-electron chi connectivity index (χ3n) is 4.49. The molecular weight excluding hydrogens is 312 g/mol. The second-order valence-electron chi connectivity index (χ2n) is 6.39. The number of amides is 1. The molecule has 1 aliphatic rings. The van der Waals surface area contributed by atoms with Crippen LogP contribution in [0.15, 0.2) is 48.5 Å². The van der Waals surface area contributed by atoms with Crippen molar-refractivity contribution in [3.05, 3.63) is 65.2 Å². The number of ether oxygens (including phenoxy) is 1. The molecule has 0 saturated carbocycles. The SMILES string of the molecule is CCCN(Cc1ccc(C#N)cc1)C(=O)C1COc2ccccc2C1.